The predicted molar refractivity (Wildman–Crippen MR) is 145 cm³/mol. The standard InChI is InChI=1S/C29H26N2O5S/c1-17-28(19-8-12-25(34-4)27(14-19)35-5)31-29(37-17)30-23-16-26(18-6-9-20(32-2)10-7-18)36-24-13-11-21(33-3)15-22(23)24/h6-16H,1-5H3. The molecule has 0 unspecified atom stereocenters. The smallest absolute Gasteiger partial charge is 0.210 e. The van der Waals surface area contributed by atoms with Crippen molar-refractivity contribution >= 4 is 27.4 Å². The molecular weight excluding hydrogens is 488 g/mol. The summed E-state index contributed by atoms with van der Waals surface area (Å²) in [6.45, 7) is 2.03. The zero-order valence-electron chi connectivity index (χ0n) is 21.2. The number of nitrogens with zero attached hydrogens (tertiary/aromatic N) is 2. The molecule has 3 aromatic carbocycles. The predicted octanol–water partition coefficient (Wildman–Crippen LogP) is 6.80. The van der Waals surface area contributed by atoms with E-state index in [2.05, 4.69) is 0 Å². The van der Waals surface area contributed by atoms with E-state index in [0.29, 0.717) is 28.0 Å². The van der Waals surface area contributed by atoms with Gasteiger partial charge < -0.3 is 23.4 Å². The third-order valence-electron chi connectivity index (χ3n) is 5.98. The van der Waals surface area contributed by atoms with Gasteiger partial charge in [0.15, 0.2) is 11.5 Å². The van der Waals surface area contributed by atoms with E-state index in [0.717, 1.165) is 43.9 Å². The molecule has 0 saturated heterocycles. The number of benzene rings is 3. The SMILES string of the molecule is COc1ccc(-c2cc(=Nc3nc(-c4ccc(OC)c(OC)c4)c(C)s3)c3cc(OC)ccc3o2)cc1. The number of hydrogen-bond acceptors (Lipinski definition) is 8. The van der Waals surface area contributed by atoms with Crippen LogP contribution in [0, 0.1) is 6.92 Å². The van der Waals surface area contributed by atoms with Gasteiger partial charge in [-0.05, 0) is 67.6 Å². The van der Waals surface area contributed by atoms with E-state index in [9.17, 15) is 0 Å². The number of fused-ring (bicyclic) bond motifs is 1. The molecule has 0 N–H and O–H groups in total. The molecule has 8 heteroatoms. The Morgan fingerprint density at radius 2 is 1.43 bits per heavy atom. The maximum absolute atomic E-state index is 6.25. The summed E-state index contributed by atoms with van der Waals surface area (Å²) in [5.41, 5.74) is 3.39. The van der Waals surface area contributed by atoms with Gasteiger partial charge in [0.2, 0.25) is 5.13 Å². The third-order valence-corrected chi connectivity index (χ3v) is 6.85. The Morgan fingerprint density at radius 3 is 2.14 bits per heavy atom. The minimum Gasteiger partial charge on any atom is -0.497 e. The Hall–Kier alpha value is -4.30. The van der Waals surface area contributed by atoms with Crippen LogP contribution in [0.25, 0.3) is 33.6 Å². The molecule has 0 radical (unpaired) electrons. The van der Waals surface area contributed by atoms with Gasteiger partial charge in [0.05, 0.1) is 39.5 Å². The molecule has 37 heavy (non-hydrogen) atoms. The molecule has 2 aromatic heterocycles. The van der Waals surface area contributed by atoms with E-state index < -0.39 is 0 Å². The highest BCUT2D eigenvalue weighted by molar-refractivity contribution is 7.15. The summed E-state index contributed by atoms with van der Waals surface area (Å²) in [6.07, 6.45) is 0. The lowest BCUT2D eigenvalue weighted by Gasteiger charge is -2.08. The largest absolute Gasteiger partial charge is 0.497 e. The van der Waals surface area contributed by atoms with Gasteiger partial charge in [-0.15, -0.1) is 0 Å². The van der Waals surface area contributed by atoms with Crippen LogP contribution >= 0.6 is 11.3 Å². The van der Waals surface area contributed by atoms with Gasteiger partial charge in [-0.1, -0.05) is 11.3 Å². The van der Waals surface area contributed by atoms with E-state index in [4.69, 9.17) is 33.3 Å². The van der Waals surface area contributed by atoms with Crippen LogP contribution in [0.1, 0.15) is 4.88 Å². The van der Waals surface area contributed by atoms with Crippen molar-refractivity contribution in [3.05, 3.63) is 77.0 Å². The quantitative estimate of drug-likeness (QED) is 0.238. The average molecular weight is 515 g/mol. The minimum atomic E-state index is 0.637. The van der Waals surface area contributed by atoms with E-state index in [-0.39, 0.29) is 0 Å². The first-order chi connectivity index (χ1) is 18.0. The number of methoxy groups -OCH3 is 4. The van der Waals surface area contributed by atoms with Crippen LogP contribution in [0.15, 0.2) is 76.1 Å². The van der Waals surface area contributed by atoms with Crippen LogP contribution in [0.4, 0.5) is 5.13 Å². The number of aromatic nitrogens is 1. The molecule has 0 aliphatic heterocycles. The van der Waals surface area contributed by atoms with Crippen molar-refractivity contribution in [2.75, 3.05) is 28.4 Å². The lowest BCUT2D eigenvalue weighted by Crippen LogP contribution is -2.03. The molecular formula is C29H26N2O5S. The van der Waals surface area contributed by atoms with E-state index >= 15 is 0 Å². The molecule has 7 nitrogen and oxygen atoms in total. The van der Waals surface area contributed by atoms with Crippen LogP contribution < -0.4 is 24.3 Å². The van der Waals surface area contributed by atoms with E-state index in [1.165, 1.54) is 11.3 Å². The van der Waals surface area contributed by atoms with Crippen molar-refractivity contribution < 1.29 is 23.4 Å². The first-order valence-corrected chi connectivity index (χ1v) is 12.4. The summed E-state index contributed by atoms with van der Waals surface area (Å²) < 4.78 is 27.9. The molecule has 0 saturated carbocycles. The van der Waals surface area contributed by atoms with Crippen LogP contribution in [0.3, 0.4) is 0 Å². The van der Waals surface area contributed by atoms with Gasteiger partial charge in [-0.25, -0.2) is 9.98 Å². The highest BCUT2D eigenvalue weighted by Gasteiger charge is 2.14. The van der Waals surface area contributed by atoms with Gasteiger partial charge in [0, 0.05) is 27.5 Å². The maximum Gasteiger partial charge on any atom is 0.210 e. The first-order valence-electron chi connectivity index (χ1n) is 11.5. The second-order valence-corrected chi connectivity index (χ2v) is 9.35. The van der Waals surface area contributed by atoms with Crippen LogP contribution in [0.2, 0.25) is 0 Å². The summed E-state index contributed by atoms with van der Waals surface area (Å²) >= 11 is 1.52. The third kappa shape index (κ3) is 4.88. The monoisotopic (exact) mass is 514 g/mol. The van der Waals surface area contributed by atoms with Gasteiger partial charge in [-0.3, -0.25) is 0 Å². The molecule has 0 fully saturated rings. The normalized spacial score (nSPS) is 11.5. The van der Waals surface area contributed by atoms with Gasteiger partial charge in [0.25, 0.3) is 0 Å². The highest BCUT2D eigenvalue weighted by atomic mass is 32.1. The second-order valence-electron chi connectivity index (χ2n) is 8.17. The fourth-order valence-electron chi connectivity index (χ4n) is 4.05. The Bertz CT molecular complexity index is 1640. The number of rotatable bonds is 7. The summed E-state index contributed by atoms with van der Waals surface area (Å²) in [4.78, 5) is 10.9. The maximum atomic E-state index is 6.25. The Labute approximate surface area is 218 Å². The molecule has 5 rings (SSSR count). The van der Waals surface area contributed by atoms with Crippen LogP contribution in [-0.2, 0) is 0 Å². The molecule has 0 amide bonds. The van der Waals surface area contributed by atoms with Crippen LogP contribution in [-0.4, -0.2) is 33.4 Å². The summed E-state index contributed by atoms with van der Waals surface area (Å²) in [5, 5.41) is 2.20. The Morgan fingerprint density at radius 1 is 0.730 bits per heavy atom. The van der Waals surface area contributed by atoms with Gasteiger partial charge in [-0.2, -0.15) is 0 Å². The minimum absolute atomic E-state index is 0.637. The molecule has 0 spiro atoms. The zero-order valence-corrected chi connectivity index (χ0v) is 22.0. The highest BCUT2D eigenvalue weighted by Crippen LogP contribution is 2.37. The fraction of sp³-hybridized carbons (Fsp3) is 0.172. The molecule has 5 aromatic rings. The van der Waals surface area contributed by atoms with E-state index in [1.807, 2.05) is 73.7 Å². The molecule has 0 aliphatic rings. The Balaban J connectivity index is 1.65. The van der Waals surface area contributed by atoms with Crippen molar-refractivity contribution in [2.45, 2.75) is 6.92 Å². The average Bonchev–Trinajstić information content (AvgIpc) is 3.31. The summed E-state index contributed by atoms with van der Waals surface area (Å²) in [7, 11) is 6.53. The molecule has 2 heterocycles. The number of hydrogen-bond donors (Lipinski definition) is 0. The molecule has 0 bridgehead atoms. The van der Waals surface area contributed by atoms with Crippen molar-refractivity contribution in [2.24, 2.45) is 4.99 Å². The first kappa shape index (κ1) is 24.4. The second kappa shape index (κ2) is 10.4. The van der Waals surface area contributed by atoms with Crippen molar-refractivity contribution in [1.82, 2.24) is 4.98 Å². The number of ether oxygens (including phenoxy) is 4. The molecule has 188 valence electrons. The van der Waals surface area contributed by atoms with Gasteiger partial charge >= 0.3 is 0 Å². The fourth-order valence-corrected chi connectivity index (χ4v) is 4.86. The van der Waals surface area contributed by atoms with Crippen molar-refractivity contribution in [1.29, 1.82) is 0 Å². The summed E-state index contributed by atoms with van der Waals surface area (Å²) in [6, 6.07) is 21.1. The Kier molecular flexibility index (Phi) is 6.83. The number of aryl methyl sites for hydroxylation is 1. The van der Waals surface area contributed by atoms with Crippen LogP contribution in [0.5, 0.6) is 23.0 Å². The lowest BCUT2D eigenvalue weighted by molar-refractivity contribution is 0.355. The van der Waals surface area contributed by atoms with Crippen molar-refractivity contribution in [3.63, 3.8) is 0 Å². The molecule has 0 aliphatic carbocycles. The zero-order chi connectivity index (χ0) is 25.9. The summed E-state index contributed by atoms with van der Waals surface area (Å²) in [5.74, 6) is 3.51. The lowest BCUT2D eigenvalue weighted by atomic mass is 10.1. The van der Waals surface area contributed by atoms with E-state index in [1.54, 1.807) is 28.4 Å². The topological polar surface area (TPSA) is 75.3 Å². The van der Waals surface area contributed by atoms with Crippen molar-refractivity contribution in [3.8, 4) is 45.6 Å². The number of thiazole rings is 1. The molecule has 0 atom stereocenters. The van der Waals surface area contributed by atoms with Gasteiger partial charge in [0.1, 0.15) is 22.8 Å².